The minimum absolute atomic E-state index is 0.221. The highest BCUT2D eigenvalue weighted by Crippen LogP contribution is 2.26. The third-order valence-electron chi connectivity index (χ3n) is 5.25. The number of hydrogen-bond acceptors (Lipinski definition) is 7. The van der Waals surface area contributed by atoms with E-state index in [-0.39, 0.29) is 6.04 Å². The third kappa shape index (κ3) is 4.44. The van der Waals surface area contributed by atoms with E-state index in [9.17, 15) is 0 Å². The standard InChI is InChI=1S/C24H28N6O2/c1-16(2)30-15-27-21-22(25-13-17-9-5-7-11-19(17)31-3)28-24(29-23(21)30)26-14-18-10-6-8-12-20(18)32-4/h5-12,15-16H,13-14H2,1-4H3,(H2,25,26,28,29). The molecule has 4 rings (SSSR count). The van der Waals surface area contributed by atoms with Gasteiger partial charge in [0.1, 0.15) is 11.5 Å². The van der Waals surface area contributed by atoms with Gasteiger partial charge in [0.2, 0.25) is 5.95 Å². The fourth-order valence-corrected chi connectivity index (χ4v) is 3.55. The van der Waals surface area contributed by atoms with Gasteiger partial charge in [-0.15, -0.1) is 0 Å². The Morgan fingerprint density at radius 1 is 0.844 bits per heavy atom. The number of ether oxygens (including phenoxy) is 2. The summed E-state index contributed by atoms with van der Waals surface area (Å²) in [6.07, 6.45) is 1.81. The molecule has 0 bridgehead atoms. The zero-order valence-corrected chi connectivity index (χ0v) is 18.8. The van der Waals surface area contributed by atoms with Crippen molar-refractivity contribution in [3.8, 4) is 11.5 Å². The molecule has 0 fully saturated rings. The van der Waals surface area contributed by atoms with E-state index in [0.717, 1.165) is 33.8 Å². The first kappa shape index (κ1) is 21.4. The first-order valence-corrected chi connectivity index (χ1v) is 10.6. The van der Waals surface area contributed by atoms with Crippen molar-refractivity contribution in [1.29, 1.82) is 0 Å². The zero-order valence-electron chi connectivity index (χ0n) is 18.8. The molecule has 2 aromatic heterocycles. The molecule has 2 heterocycles. The van der Waals surface area contributed by atoms with E-state index in [1.807, 2.05) is 59.4 Å². The summed E-state index contributed by atoms with van der Waals surface area (Å²) < 4.78 is 13.0. The summed E-state index contributed by atoms with van der Waals surface area (Å²) >= 11 is 0. The molecule has 32 heavy (non-hydrogen) atoms. The van der Waals surface area contributed by atoms with Crippen LogP contribution in [0.15, 0.2) is 54.9 Å². The second-order valence-corrected chi connectivity index (χ2v) is 7.64. The number of para-hydroxylation sites is 2. The van der Waals surface area contributed by atoms with Crippen molar-refractivity contribution in [3.05, 3.63) is 66.0 Å². The van der Waals surface area contributed by atoms with Crippen LogP contribution in [0.4, 0.5) is 11.8 Å². The number of rotatable bonds is 9. The molecular weight excluding hydrogens is 404 g/mol. The van der Waals surface area contributed by atoms with Crippen LogP contribution in [0.25, 0.3) is 11.2 Å². The average Bonchev–Trinajstić information content (AvgIpc) is 3.26. The topological polar surface area (TPSA) is 86.1 Å². The van der Waals surface area contributed by atoms with Crippen molar-refractivity contribution in [1.82, 2.24) is 19.5 Å². The molecule has 0 saturated heterocycles. The molecule has 0 unspecified atom stereocenters. The third-order valence-corrected chi connectivity index (χ3v) is 5.25. The maximum atomic E-state index is 5.47. The Bertz CT molecular complexity index is 1200. The lowest BCUT2D eigenvalue weighted by atomic mass is 10.2. The van der Waals surface area contributed by atoms with Crippen molar-refractivity contribution >= 4 is 22.9 Å². The van der Waals surface area contributed by atoms with Gasteiger partial charge in [-0.1, -0.05) is 36.4 Å². The van der Waals surface area contributed by atoms with Crippen LogP contribution >= 0.6 is 0 Å². The fourth-order valence-electron chi connectivity index (χ4n) is 3.55. The van der Waals surface area contributed by atoms with Crippen LogP contribution in [0, 0.1) is 0 Å². The number of imidazole rings is 1. The monoisotopic (exact) mass is 432 g/mol. The van der Waals surface area contributed by atoms with Gasteiger partial charge < -0.3 is 24.7 Å². The normalized spacial score (nSPS) is 11.0. The van der Waals surface area contributed by atoms with Crippen molar-refractivity contribution in [2.75, 3.05) is 24.9 Å². The van der Waals surface area contributed by atoms with E-state index >= 15 is 0 Å². The minimum Gasteiger partial charge on any atom is -0.496 e. The van der Waals surface area contributed by atoms with Crippen LogP contribution in [0.2, 0.25) is 0 Å². The van der Waals surface area contributed by atoms with E-state index in [1.165, 1.54) is 0 Å². The molecular formula is C24H28N6O2. The van der Waals surface area contributed by atoms with Crippen molar-refractivity contribution in [2.45, 2.75) is 33.0 Å². The highest BCUT2D eigenvalue weighted by Gasteiger charge is 2.16. The van der Waals surface area contributed by atoms with Gasteiger partial charge in [-0.05, 0) is 26.0 Å². The molecule has 0 aliphatic carbocycles. The van der Waals surface area contributed by atoms with E-state index in [2.05, 4.69) is 29.5 Å². The van der Waals surface area contributed by atoms with Crippen LogP contribution in [0.5, 0.6) is 11.5 Å². The van der Waals surface area contributed by atoms with Gasteiger partial charge in [0.15, 0.2) is 17.0 Å². The fraction of sp³-hybridized carbons (Fsp3) is 0.292. The Hall–Kier alpha value is -3.81. The summed E-state index contributed by atoms with van der Waals surface area (Å²) in [5.41, 5.74) is 3.57. The summed E-state index contributed by atoms with van der Waals surface area (Å²) in [5.74, 6) is 2.84. The van der Waals surface area contributed by atoms with Gasteiger partial charge in [0.05, 0.1) is 20.5 Å². The summed E-state index contributed by atoms with van der Waals surface area (Å²) in [4.78, 5) is 14.1. The lowest BCUT2D eigenvalue weighted by Crippen LogP contribution is -2.10. The van der Waals surface area contributed by atoms with Crippen molar-refractivity contribution < 1.29 is 9.47 Å². The van der Waals surface area contributed by atoms with Gasteiger partial charge in [-0.3, -0.25) is 0 Å². The molecule has 0 amide bonds. The summed E-state index contributed by atoms with van der Waals surface area (Å²) in [6.45, 7) is 5.30. The number of aromatic nitrogens is 4. The number of hydrogen-bond donors (Lipinski definition) is 2. The van der Waals surface area contributed by atoms with E-state index < -0.39 is 0 Å². The predicted molar refractivity (Wildman–Crippen MR) is 126 cm³/mol. The Labute approximate surface area is 187 Å². The number of nitrogens with one attached hydrogen (secondary N) is 2. The van der Waals surface area contributed by atoms with Crippen molar-refractivity contribution in [3.63, 3.8) is 0 Å². The summed E-state index contributed by atoms with van der Waals surface area (Å²) in [5, 5.41) is 6.76. The number of nitrogens with zero attached hydrogens (tertiary/aromatic N) is 4. The second kappa shape index (κ2) is 9.55. The molecule has 0 saturated carbocycles. The van der Waals surface area contributed by atoms with Crippen LogP contribution in [0.1, 0.15) is 31.0 Å². The van der Waals surface area contributed by atoms with Crippen LogP contribution in [-0.2, 0) is 13.1 Å². The smallest absolute Gasteiger partial charge is 0.227 e. The highest BCUT2D eigenvalue weighted by atomic mass is 16.5. The van der Waals surface area contributed by atoms with Gasteiger partial charge >= 0.3 is 0 Å². The Morgan fingerprint density at radius 2 is 1.44 bits per heavy atom. The highest BCUT2D eigenvalue weighted by molar-refractivity contribution is 5.84. The minimum atomic E-state index is 0.221. The van der Waals surface area contributed by atoms with E-state index in [4.69, 9.17) is 19.4 Å². The van der Waals surface area contributed by atoms with Crippen LogP contribution in [0.3, 0.4) is 0 Å². The maximum absolute atomic E-state index is 5.47. The number of anilines is 2. The van der Waals surface area contributed by atoms with E-state index in [1.54, 1.807) is 14.2 Å². The quantitative estimate of drug-likeness (QED) is 0.398. The average molecular weight is 433 g/mol. The second-order valence-electron chi connectivity index (χ2n) is 7.64. The molecule has 0 spiro atoms. The Balaban J connectivity index is 1.65. The predicted octanol–water partition coefficient (Wildman–Crippen LogP) is 4.65. The Morgan fingerprint density at radius 3 is 2.03 bits per heavy atom. The number of methoxy groups -OCH3 is 2. The molecule has 8 heteroatoms. The number of fused-ring (bicyclic) bond motifs is 1. The maximum Gasteiger partial charge on any atom is 0.227 e. The van der Waals surface area contributed by atoms with Gasteiger partial charge in [0, 0.05) is 30.3 Å². The van der Waals surface area contributed by atoms with Crippen molar-refractivity contribution in [2.24, 2.45) is 0 Å². The first-order chi connectivity index (χ1) is 15.6. The molecule has 0 atom stereocenters. The molecule has 8 nitrogen and oxygen atoms in total. The lowest BCUT2D eigenvalue weighted by molar-refractivity contribution is 0.410. The van der Waals surface area contributed by atoms with Crippen LogP contribution in [-0.4, -0.2) is 33.7 Å². The SMILES string of the molecule is COc1ccccc1CNc1nc(NCc2ccccc2OC)c2ncn(C(C)C)c2n1. The molecule has 4 aromatic rings. The van der Waals surface area contributed by atoms with Crippen LogP contribution < -0.4 is 20.1 Å². The summed E-state index contributed by atoms with van der Waals surface area (Å²) in [6, 6.07) is 16.0. The molecule has 166 valence electrons. The van der Waals surface area contributed by atoms with E-state index in [0.29, 0.717) is 24.9 Å². The van der Waals surface area contributed by atoms with Gasteiger partial charge in [0.25, 0.3) is 0 Å². The number of benzene rings is 2. The molecule has 0 radical (unpaired) electrons. The summed E-state index contributed by atoms with van der Waals surface area (Å²) in [7, 11) is 3.34. The lowest BCUT2D eigenvalue weighted by Gasteiger charge is -2.14. The largest absolute Gasteiger partial charge is 0.496 e. The molecule has 0 aliphatic heterocycles. The van der Waals surface area contributed by atoms with Gasteiger partial charge in [-0.2, -0.15) is 9.97 Å². The zero-order chi connectivity index (χ0) is 22.5. The first-order valence-electron chi connectivity index (χ1n) is 10.6. The Kier molecular flexibility index (Phi) is 6.39. The van der Waals surface area contributed by atoms with Gasteiger partial charge in [-0.25, -0.2) is 4.98 Å². The molecule has 2 N–H and O–H groups in total. The molecule has 2 aromatic carbocycles. The molecule has 0 aliphatic rings.